The number of para-hydroxylation sites is 1. The third kappa shape index (κ3) is 6.95. The highest BCUT2D eigenvalue weighted by Gasteiger charge is 2.11. The Labute approximate surface area is 153 Å². The molecule has 0 spiro atoms. The highest BCUT2D eigenvalue weighted by Crippen LogP contribution is 2.19. The molecule has 2 aromatic rings. The largest absolute Gasteiger partial charge is 0.507 e. The third-order valence-corrected chi connectivity index (χ3v) is 2.62. The average molecular weight is 363 g/mol. The first kappa shape index (κ1) is 22.0. The van der Waals surface area contributed by atoms with Crippen molar-refractivity contribution in [3.05, 3.63) is 53.6 Å². The van der Waals surface area contributed by atoms with Crippen molar-refractivity contribution in [2.24, 2.45) is 0 Å². The number of carbonyl (C=O) groups excluding carboxylic acids is 1. The molecule has 8 nitrogen and oxygen atoms in total. The summed E-state index contributed by atoms with van der Waals surface area (Å²) in [6.07, 6.45) is 0. The SMILES string of the molecule is CC(=O)Oc1ccccc1C(=O)O.Nc1ccc(C(=O)O)c(O)c1.[AlH3]. The van der Waals surface area contributed by atoms with E-state index in [2.05, 4.69) is 4.74 Å². The lowest BCUT2D eigenvalue weighted by Gasteiger charge is -2.03. The van der Waals surface area contributed by atoms with Crippen molar-refractivity contribution in [1.29, 1.82) is 0 Å². The molecule has 0 aromatic heterocycles. The van der Waals surface area contributed by atoms with Gasteiger partial charge in [-0.05, 0) is 24.3 Å². The van der Waals surface area contributed by atoms with Gasteiger partial charge in [0.1, 0.15) is 22.6 Å². The Balaban J connectivity index is 0.000000449. The summed E-state index contributed by atoms with van der Waals surface area (Å²) in [4.78, 5) is 31.5. The number of hydrogen-bond acceptors (Lipinski definition) is 6. The van der Waals surface area contributed by atoms with Crippen LogP contribution in [0.5, 0.6) is 11.5 Å². The number of hydrogen-bond donors (Lipinski definition) is 4. The smallest absolute Gasteiger partial charge is 0.339 e. The van der Waals surface area contributed by atoms with Gasteiger partial charge in [-0.15, -0.1) is 0 Å². The first-order chi connectivity index (χ1) is 11.2. The molecule has 25 heavy (non-hydrogen) atoms. The molecule has 9 heteroatoms. The molecule has 0 unspecified atom stereocenters. The Kier molecular flexibility index (Phi) is 8.77. The zero-order valence-electron chi connectivity index (χ0n) is 12.6. The van der Waals surface area contributed by atoms with Crippen molar-refractivity contribution in [1.82, 2.24) is 0 Å². The standard InChI is InChI=1S/C9H8O4.C7H7NO3.Al.3H/c1-6(10)13-8-5-3-2-4-7(8)9(11)12;8-4-1-2-5(7(10)11)6(9)3-4;;;;/h2-5H,1H3,(H,11,12);1-3,9H,8H2,(H,10,11);;;;. The zero-order valence-corrected chi connectivity index (χ0v) is 12.6. The summed E-state index contributed by atoms with van der Waals surface area (Å²) in [7, 11) is 0. The number of aromatic hydroxyl groups is 1. The maximum absolute atomic E-state index is 10.6. The van der Waals surface area contributed by atoms with Gasteiger partial charge >= 0.3 is 17.9 Å². The number of esters is 1. The first-order valence-electron chi connectivity index (χ1n) is 6.55. The maximum Gasteiger partial charge on any atom is 0.339 e. The van der Waals surface area contributed by atoms with E-state index >= 15 is 0 Å². The Bertz CT molecular complexity index is 777. The lowest BCUT2D eigenvalue weighted by Crippen LogP contribution is -2.06. The molecular weight excluding hydrogens is 345 g/mol. The van der Waals surface area contributed by atoms with Gasteiger partial charge in [-0.25, -0.2) is 9.59 Å². The normalized spacial score (nSPS) is 9.00. The van der Waals surface area contributed by atoms with E-state index < -0.39 is 17.9 Å². The van der Waals surface area contributed by atoms with Gasteiger partial charge in [0.2, 0.25) is 0 Å². The minimum absolute atomic E-state index is 0. The molecule has 0 amide bonds. The number of anilines is 1. The van der Waals surface area contributed by atoms with Crippen molar-refractivity contribution in [2.75, 3.05) is 5.73 Å². The monoisotopic (exact) mass is 363 g/mol. The number of benzene rings is 2. The second-order valence-corrected chi connectivity index (χ2v) is 4.48. The molecule has 0 aliphatic heterocycles. The fraction of sp³-hybridized carbons (Fsp3) is 0.0625. The van der Waals surface area contributed by atoms with Crippen molar-refractivity contribution >= 4 is 41.0 Å². The van der Waals surface area contributed by atoms with Crippen molar-refractivity contribution in [3.63, 3.8) is 0 Å². The van der Waals surface area contributed by atoms with Gasteiger partial charge in [-0.2, -0.15) is 0 Å². The Hall–Kier alpha value is -3.02. The van der Waals surface area contributed by atoms with Crippen LogP contribution in [0.1, 0.15) is 27.6 Å². The van der Waals surface area contributed by atoms with E-state index in [1.807, 2.05) is 0 Å². The Morgan fingerprint density at radius 1 is 0.960 bits per heavy atom. The number of aromatic carboxylic acids is 2. The molecule has 0 bridgehead atoms. The van der Waals surface area contributed by atoms with Crippen LogP contribution in [0.4, 0.5) is 5.69 Å². The van der Waals surface area contributed by atoms with Crippen LogP contribution < -0.4 is 10.5 Å². The van der Waals surface area contributed by atoms with Crippen molar-refractivity contribution in [3.8, 4) is 11.5 Å². The molecule has 0 atom stereocenters. The molecule has 0 heterocycles. The molecule has 0 aliphatic carbocycles. The van der Waals surface area contributed by atoms with Crippen LogP contribution in [0.15, 0.2) is 42.5 Å². The lowest BCUT2D eigenvalue weighted by molar-refractivity contribution is -0.131. The van der Waals surface area contributed by atoms with Crippen molar-refractivity contribution in [2.45, 2.75) is 6.92 Å². The molecule has 132 valence electrons. The van der Waals surface area contributed by atoms with Gasteiger partial charge in [0, 0.05) is 18.7 Å². The first-order valence-corrected chi connectivity index (χ1v) is 6.55. The highest BCUT2D eigenvalue weighted by molar-refractivity contribution is 5.92. The number of carbonyl (C=O) groups is 3. The van der Waals surface area contributed by atoms with Gasteiger partial charge < -0.3 is 25.8 Å². The number of carboxylic acid groups (broad SMARTS) is 2. The second-order valence-electron chi connectivity index (χ2n) is 4.48. The van der Waals surface area contributed by atoms with Gasteiger partial charge in [-0.1, -0.05) is 12.1 Å². The second kappa shape index (κ2) is 9.97. The molecular formula is C16H18AlNO7. The van der Waals surface area contributed by atoms with E-state index in [0.717, 1.165) is 0 Å². The quantitative estimate of drug-likeness (QED) is 0.271. The summed E-state index contributed by atoms with van der Waals surface area (Å²) in [6, 6.07) is 9.85. The minimum atomic E-state index is -1.16. The van der Waals surface area contributed by atoms with E-state index in [4.69, 9.17) is 21.1 Å². The summed E-state index contributed by atoms with van der Waals surface area (Å²) in [5.74, 6) is -3.05. The molecule has 0 aliphatic rings. The predicted molar refractivity (Wildman–Crippen MR) is 94.1 cm³/mol. The van der Waals surface area contributed by atoms with E-state index in [0.29, 0.717) is 5.69 Å². The number of rotatable bonds is 3. The van der Waals surface area contributed by atoms with E-state index in [1.54, 1.807) is 12.1 Å². The number of nitrogens with two attached hydrogens (primary N) is 1. The predicted octanol–water partition coefficient (Wildman–Crippen LogP) is 0.799. The van der Waals surface area contributed by atoms with Crippen LogP contribution in [0.2, 0.25) is 0 Å². The zero-order chi connectivity index (χ0) is 18.3. The van der Waals surface area contributed by atoms with Gasteiger partial charge in [0.15, 0.2) is 17.4 Å². The van der Waals surface area contributed by atoms with Gasteiger partial charge in [0.25, 0.3) is 0 Å². The molecule has 2 rings (SSSR count). The fourth-order valence-corrected chi connectivity index (χ4v) is 1.62. The number of carboxylic acids is 2. The van der Waals surface area contributed by atoms with Crippen LogP contribution in [-0.2, 0) is 4.79 Å². The third-order valence-electron chi connectivity index (χ3n) is 2.62. The van der Waals surface area contributed by atoms with Gasteiger partial charge in [-0.3, -0.25) is 4.79 Å². The van der Waals surface area contributed by atoms with E-state index in [1.165, 1.54) is 37.3 Å². The Morgan fingerprint density at radius 2 is 1.52 bits per heavy atom. The average Bonchev–Trinajstić information content (AvgIpc) is 2.47. The number of nitrogen functional groups attached to an aromatic ring is 1. The summed E-state index contributed by atoms with van der Waals surface area (Å²) in [5, 5.41) is 26.1. The summed E-state index contributed by atoms with van der Waals surface area (Å²) < 4.78 is 4.69. The summed E-state index contributed by atoms with van der Waals surface area (Å²) >= 11 is 0. The van der Waals surface area contributed by atoms with Crippen LogP contribution in [0, 0.1) is 0 Å². The molecule has 2 aromatic carbocycles. The van der Waals surface area contributed by atoms with E-state index in [9.17, 15) is 14.4 Å². The van der Waals surface area contributed by atoms with Crippen LogP contribution >= 0.6 is 0 Å². The summed E-state index contributed by atoms with van der Waals surface area (Å²) in [5.41, 5.74) is 5.46. The van der Waals surface area contributed by atoms with Crippen LogP contribution in [-0.4, -0.2) is 50.6 Å². The number of phenols is 1. The molecule has 0 fully saturated rings. The minimum Gasteiger partial charge on any atom is -0.507 e. The molecule has 5 N–H and O–H groups in total. The number of ether oxygens (including phenoxy) is 1. The maximum atomic E-state index is 10.6. The van der Waals surface area contributed by atoms with Crippen molar-refractivity contribution < 1.29 is 34.4 Å². The van der Waals surface area contributed by atoms with Gasteiger partial charge in [0.05, 0.1) is 0 Å². The lowest BCUT2D eigenvalue weighted by atomic mass is 10.2. The van der Waals surface area contributed by atoms with Crippen LogP contribution in [0.25, 0.3) is 0 Å². The summed E-state index contributed by atoms with van der Waals surface area (Å²) in [6.45, 7) is 1.22. The van der Waals surface area contributed by atoms with E-state index in [-0.39, 0.29) is 40.0 Å². The highest BCUT2D eigenvalue weighted by atomic mass is 27.0. The topological polar surface area (TPSA) is 147 Å². The Morgan fingerprint density at radius 3 is 2.00 bits per heavy atom. The molecule has 0 saturated carbocycles. The molecule has 0 saturated heterocycles. The fourth-order valence-electron chi connectivity index (χ4n) is 1.62. The molecule has 0 radical (unpaired) electrons. The van der Waals surface area contributed by atoms with Crippen LogP contribution in [0.3, 0.4) is 0 Å².